The number of benzene rings is 1. The van der Waals surface area contributed by atoms with Crippen LogP contribution in [0.2, 0.25) is 0 Å². The van der Waals surface area contributed by atoms with Crippen LogP contribution in [0, 0.1) is 0 Å². The van der Waals surface area contributed by atoms with Crippen molar-refractivity contribution in [2.24, 2.45) is 0 Å². The van der Waals surface area contributed by atoms with E-state index >= 15 is 0 Å². The van der Waals surface area contributed by atoms with Gasteiger partial charge in [0.15, 0.2) is 0 Å². The van der Waals surface area contributed by atoms with Crippen molar-refractivity contribution in [3.8, 4) is 0 Å². The summed E-state index contributed by atoms with van der Waals surface area (Å²) in [5.74, 6) is 0.941. The Morgan fingerprint density at radius 2 is 1.92 bits per heavy atom. The van der Waals surface area contributed by atoms with Crippen molar-refractivity contribution in [2.75, 3.05) is 32.7 Å². The highest BCUT2D eigenvalue weighted by Gasteiger charge is 2.16. The lowest BCUT2D eigenvalue weighted by Gasteiger charge is -2.25. The molecule has 0 spiro atoms. The summed E-state index contributed by atoms with van der Waals surface area (Å²) >= 11 is 0. The minimum atomic E-state index is 0.373. The Balaban J connectivity index is 1.68. The minimum Gasteiger partial charge on any atom is -0.343 e. The fraction of sp³-hybridized carbons (Fsp3) is 0.667. The lowest BCUT2D eigenvalue weighted by Crippen LogP contribution is -2.32. The standard InChI is InChI=1S/C21H34N2O/c1-3-22(18-19(2)20-12-6-4-7-13-20)15-10-11-17-23-16-9-5-8-14-21(23)24/h4,6-7,12-13,19H,3,5,8-11,14-18H2,1-2H3. The molecule has 2 rings (SSSR count). The highest BCUT2D eigenvalue weighted by molar-refractivity contribution is 5.76. The number of carbonyl (C=O) groups excluding carboxylic acids is 1. The quantitative estimate of drug-likeness (QED) is 0.630. The molecule has 1 amide bonds. The van der Waals surface area contributed by atoms with Crippen molar-refractivity contribution in [1.29, 1.82) is 0 Å². The van der Waals surface area contributed by atoms with Crippen LogP contribution in [0.4, 0.5) is 0 Å². The number of nitrogens with zero attached hydrogens (tertiary/aromatic N) is 2. The lowest BCUT2D eigenvalue weighted by atomic mass is 10.0. The van der Waals surface area contributed by atoms with E-state index in [0.717, 1.165) is 52.0 Å². The van der Waals surface area contributed by atoms with Crippen LogP contribution in [0.15, 0.2) is 30.3 Å². The molecule has 1 aromatic carbocycles. The monoisotopic (exact) mass is 330 g/mol. The Labute approximate surface area is 148 Å². The molecule has 1 aliphatic heterocycles. The predicted molar refractivity (Wildman–Crippen MR) is 101 cm³/mol. The number of rotatable bonds is 9. The third-order valence-electron chi connectivity index (χ3n) is 5.17. The largest absolute Gasteiger partial charge is 0.343 e. The number of carbonyl (C=O) groups is 1. The van der Waals surface area contributed by atoms with Crippen LogP contribution in [0.25, 0.3) is 0 Å². The number of amides is 1. The van der Waals surface area contributed by atoms with Crippen LogP contribution in [-0.4, -0.2) is 48.4 Å². The summed E-state index contributed by atoms with van der Waals surface area (Å²) in [6, 6.07) is 10.8. The maximum absolute atomic E-state index is 12.0. The summed E-state index contributed by atoms with van der Waals surface area (Å²) in [7, 11) is 0. The second-order valence-electron chi connectivity index (χ2n) is 7.10. The van der Waals surface area contributed by atoms with Gasteiger partial charge in [0.1, 0.15) is 0 Å². The number of hydrogen-bond donors (Lipinski definition) is 0. The first kappa shape index (κ1) is 19.0. The molecule has 0 radical (unpaired) electrons. The third kappa shape index (κ3) is 6.27. The summed E-state index contributed by atoms with van der Waals surface area (Å²) in [6.45, 7) is 9.83. The first-order chi connectivity index (χ1) is 11.7. The Morgan fingerprint density at radius 3 is 2.67 bits per heavy atom. The van der Waals surface area contributed by atoms with Crippen molar-refractivity contribution in [3.63, 3.8) is 0 Å². The zero-order valence-electron chi connectivity index (χ0n) is 15.5. The Kier molecular flexibility index (Phi) is 8.31. The number of unbranched alkanes of at least 4 members (excludes halogenated alkanes) is 1. The van der Waals surface area contributed by atoms with E-state index in [4.69, 9.17) is 0 Å². The van der Waals surface area contributed by atoms with E-state index < -0.39 is 0 Å². The molecule has 1 fully saturated rings. The van der Waals surface area contributed by atoms with Crippen LogP contribution in [0.3, 0.4) is 0 Å². The van der Waals surface area contributed by atoms with Crippen LogP contribution in [0.1, 0.15) is 63.9 Å². The topological polar surface area (TPSA) is 23.6 Å². The zero-order valence-corrected chi connectivity index (χ0v) is 15.5. The van der Waals surface area contributed by atoms with Crippen molar-refractivity contribution in [3.05, 3.63) is 35.9 Å². The van der Waals surface area contributed by atoms with Crippen LogP contribution in [0.5, 0.6) is 0 Å². The molecule has 0 aliphatic carbocycles. The summed E-state index contributed by atoms with van der Waals surface area (Å²) in [5, 5.41) is 0. The molecule has 3 heteroatoms. The van der Waals surface area contributed by atoms with E-state index in [1.165, 1.54) is 24.8 Å². The molecule has 1 atom stereocenters. The molecule has 0 aromatic heterocycles. The van der Waals surface area contributed by atoms with Crippen LogP contribution >= 0.6 is 0 Å². The van der Waals surface area contributed by atoms with Gasteiger partial charge >= 0.3 is 0 Å². The Morgan fingerprint density at radius 1 is 1.12 bits per heavy atom. The van der Waals surface area contributed by atoms with E-state index in [-0.39, 0.29) is 0 Å². The fourth-order valence-corrected chi connectivity index (χ4v) is 3.57. The van der Waals surface area contributed by atoms with Gasteiger partial charge in [-0.05, 0) is 50.3 Å². The van der Waals surface area contributed by atoms with Crippen molar-refractivity contribution in [1.82, 2.24) is 9.80 Å². The summed E-state index contributed by atoms with van der Waals surface area (Å²) < 4.78 is 0. The van der Waals surface area contributed by atoms with Gasteiger partial charge < -0.3 is 9.80 Å². The number of likely N-dealkylation sites (N-methyl/N-ethyl adjacent to an activating group) is 1. The second-order valence-corrected chi connectivity index (χ2v) is 7.10. The second kappa shape index (κ2) is 10.5. The summed E-state index contributed by atoms with van der Waals surface area (Å²) in [6.07, 6.45) is 6.54. The number of hydrogen-bond acceptors (Lipinski definition) is 2. The third-order valence-corrected chi connectivity index (χ3v) is 5.17. The first-order valence-corrected chi connectivity index (χ1v) is 9.75. The maximum Gasteiger partial charge on any atom is 0.222 e. The molecular formula is C21H34N2O. The summed E-state index contributed by atoms with van der Waals surface area (Å²) in [4.78, 5) is 16.7. The van der Waals surface area contributed by atoms with E-state index in [1.807, 2.05) is 0 Å². The highest BCUT2D eigenvalue weighted by atomic mass is 16.2. The molecule has 1 saturated heterocycles. The van der Waals surface area contributed by atoms with Gasteiger partial charge in [-0.1, -0.05) is 50.6 Å². The van der Waals surface area contributed by atoms with E-state index in [2.05, 4.69) is 54.0 Å². The average Bonchev–Trinajstić information content (AvgIpc) is 2.82. The van der Waals surface area contributed by atoms with Gasteiger partial charge in [-0.2, -0.15) is 0 Å². The van der Waals surface area contributed by atoms with Gasteiger partial charge in [0.05, 0.1) is 0 Å². The predicted octanol–water partition coefficient (Wildman–Crippen LogP) is 4.29. The molecule has 24 heavy (non-hydrogen) atoms. The molecular weight excluding hydrogens is 296 g/mol. The van der Waals surface area contributed by atoms with E-state index in [0.29, 0.717) is 11.8 Å². The molecule has 3 nitrogen and oxygen atoms in total. The summed E-state index contributed by atoms with van der Waals surface area (Å²) in [5.41, 5.74) is 1.42. The molecule has 134 valence electrons. The fourth-order valence-electron chi connectivity index (χ4n) is 3.57. The molecule has 0 saturated carbocycles. The minimum absolute atomic E-state index is 0.373. The molecule has 1 unspecified atom stereocenters. The van der Waals surface area contributed by atoms with Crippen molar-refractivity contribution in [2.45, 2.75) is 58.3 Å². The zero-order chi connectivity index (χ0) is 17.2. The normalized spacial score (nSPS) is 17.1. The first-order valence-electron chi connectivity index (χ1n) is 9.75. The van der Waals surface area contributed by atoms with Crippen LogP contribution < -0.4 is 0 Å². The smallest absolute Gasteiger partial charge is 0.222 e. The Hall–Kier alpha value is -1.35. The van der Waals surface area contributed by atoms with Gasteiger partial charge in [-0.15, -0.1) is 0 Å². The Bertz CT molecular complexity index is 474. The highest BCUT2D eigenvalue weighted by Crippen LogP contribution is 2.16. The molecule has 1 aliphatic rings. The van der Waals surface area contributed by atoms with Gasteiger partial charge in [0.2, 0.25) is 5.91 Å². The van der Waals surface area contributed by atoms with Gasteiger partial charge in [-0.3, -0.25) is 4.79 Å². The van der Waals surface area contributed by atoms with Gasteiger partial charge in [0.25, 0.3) is 0 Å². The average molecular weight is 331 g/mol. The van der Waals surface area contributed by atoms with E-state index in [1.54, 1.807) is 0 Å². The maximum atomic E-state index is 12.0. The molecule has 1 aromatic rings. The van der Waals surface area contributed by atoms with E-state index in [9.17, 15) is 4.79 Å². The van der Waals surface area contributed by atoms with Gasteiger partial charge in [-0.25, -0.2) is 0 Å². The molecule has 0 bridgehead atoms. The molecule has 1 heterocycles. The SMILES string of the molecule is CCN(CCCCN1CCCCCC1=O)CC(C)c1ccccc1. The van der Waals surface area contributed by atoms with Crippen LogP contribution in [-0.2, 0) is 4.79 Å². The molecule has 0 N–H and O–H groups in total. The number of likely N-dealkylation sites (tertiary alicyclic amines) is 1. The van der Waals surface area contributed by atoms with Crippen molar-refractivity contribution < 1.29 is 4.79 Å². The lowest BCUT2D eigenvalue weighted by molar-refractivity contribution is -0.130. The van der Waals surface area contributed by atoms with Gasteiger partial charge in [0, 0.05) is 26.1 Å². The van der Waals surface area contributed by atoms with Crippen molar-refractivity contribution >= 4 is 5.91 Å².